The molecule has 0 saturated carbocycles. The molecular formula is C25H28FN5O5S. The summed E-state index contributed by atoms with van der Waals surface area (Å²) < 4.78 is 25.3. The predicted octanol–water partition coefficient (Wildman–Crippen LogP) is 2.59. The topological polar surface area (TPSA) is 103 Å². The number of carbonyl (C=O) groups is 3. The number of nitrogens with one attached hydrogen (secondary N) is 2. The van der Waals surface area contributed by atoms with Gasteiger partial charge in [-0.25, -0.2) is 9.18 Å². The molecule has 0 aromatic heterocycles. The van der Waals surface area contributed by atoms with E-state index < -0.39 is 18.0 Å². The molecule has 2 aliphatic rings. The fourth-order valence-electron chi connectivity index (χ4n) is 4.26. The van der Waals surface area contributed by atoms with Gasteiger partial charge in [0.1, 0.15) is 11.9 Å². The van der Waals surface area contributed by atoms with Crippen LogP contribution in [0.2, 0.25) is 0 Å². The molecular weight excluding hydrogens is 501 g/mol. The predicted molar refractivity (Wildman–Crippen MR) is 140 cm³/mol. The highest BCUT2D eigenvalue weighted by atomic mass is 32.1. The Bertz CT molecular complexity index is 1190. The number of methoxy groups -OCH3 is 1. The quantitative estimate of drug-likeness (QED) is 0.551. The van der Waals surface area contributed by atoms with E-state index in [1.807, 2.05) is 4.90 Å². The summed E-state index contributed by atoms with van der Waals surface area (Å²) in [5.74, 6) is -0.756. The van der Waals surface area contributed by atoms with E-state index in [-0.39, 0.29) is 30.1 Å². The Balaban J connectivity index is 1.33. The first-order valence-corrected chi connectivity index (χ1v) is 12.2. The third kappa shape index (κ3) is 6.26. The molecule has 10 nitrogen and oxygen atoms in total. The van der Waals surface area contributed by atoms with Crippen LogP contribution in [0.1, 0.15) is 17.3 Å². The van der Waals surface area contributed by atoms with Crippen LogP contribution in [-0.4, -0.2) is 80.5 Å². The third-order valence-corrected chi connectivity index (χ3v) is 6.45. The zero-order valence-electron chi connectivity index (χ0n) is 20.5. The Morgan fingerprint density at radius 3 is 2.46 bits per heavy atom. The normalized spacial score (nSPS) is 17.3. The van der Waals surface area contributed by atoms with Crippen molar-refractivity contribution in [1.29, 1.82) is 0 Å². The number of ether oxygens (including phenoxy) is 2. The molecule has 3 amide bonds. The van der Waals surface area contributed by atoms with E-state index >= 15 is 4.39 Å². The van der Waals surface area contributed by atoms with E-state index in [1.165, 1.54) is 25.0 Å². The Kier molecular flexibility index (Phi) is 8.07. The van der Waals surface area contributed by atoms with Gasteiger partial charge < -0.3 is 29.9 Å². The molecule has 12 heteroatoms. The van der Waals surface area contributed by atoms with Crippen molar-refractivity contribution in [1.82, 2.24) is 10.2 Å². The molecule has 2 aromatic carbocycles. The average molecular weight is 530 g/mol. The van der Waals surface area contributed by atoms with Gasteiger partial charge in [0.25, 0.3) is 11.1 Å². The summed E-state index contributed by atoms with van der Waals surface area (Å²) >= 11 is 4.92. The SMILES string of the molecule is COC(=S)NCC1CN(c2ccc(N3CCN(C(=O)c4ccc(NC(C)=O)cc4)CC3)c(F)c2)C(=O)O1. The molecule has 1 unspecified atom stereocenters. The molecule has 1 atom stereocenters. The number of carbonyl (C=O) groups excluding carboxylic acids is 3. The number of cyclic esters (lactones) is 1. The number of benzene rings is 2. The maximum absolute atomic E-state index is 15.1. The summed E-state index contributed by atoms with van der Waals surface area (Å²) in [7, 11) is 1.44. The highest BCUT2D eigenvalue weighted by molar-refractivity contribution is 7.80. The Morgan fingerprint density at radius 1 is 1.14 bits per heavy atom. The first-order chi connectivity index (χ1) is 17.7. The van der Waals surface area contributed by atoms with Gasteiger partial charge >= 0.3 is 6.09 Å². The van der Waals surface area contributed by atoms with Gasteiger partial charge in [0.15, 0.2) is 0 Å². The van der Waals surface area contributed by atoms with Crippen molar-refractivity contribution in [2.75, 3.05) is 61.5 Å². The van der Waals surface area contributed by atoms with Gasteiger partial charge in [-0.3, -0.25) is 14.5 Å². The molecule has 0 radical (unpaired) electrons. The summed E-state index contributed by atoms with van der Waals surface area (Å²) in [5.41, 5.74) is 1.96. The van der Waals surface area contributed by atoms with Crippen molar-refractivity contribution in [2.45, 2.75) is 13.0 Å². The number of thiocarbonyl (C=S) groups is 1. The fourth-order valence-corrected chi connectivity index (χ4v) is 4.34. The average Bonchev–Trinajstić information content (AvgIpc) is 3.27. The highest BCUT2D eigenvalue weighted by Crippen LogP contribution is 2.28. The second kappa shape index (κ2) is 11.4. The monoisotopic (exact) mass is 529 g/mol. The zero-order chi connectivity index (χ0) is 26.5. The van der Waals surface area contributed by atoms with Gasteiger partial charge in [0.05, 0.1) is 31.6 Å². The van der Waals surface area contributed by atoms with E-state index in [9.17, 15) is 14.4 Å². The van der Waals surface area contributed by atoms with Gasteiger partial charge in [-0.05, 0) is 54.7 Å². The number of piperazine rings is 1. The molecule has 37 heavy (non-hydrogen) atoms. The number of anilines is 3. The summed E-state index contributed by atoms with van der Waals surface area (Å²) in [6.07, 6.45) is -1.00. The van der Waals surface area contributed by atoms with Crippen LogP contribution in [0, 0.1) is 5.82 Å². The van der Waals surface area contributed by atoms with Crippen LogP contribution < -0.4 is 20.4 Å². The first kappa shape index (κ1) is 26.1. The van der Waals surface area contributed by atoms with Crippen LogP contribution in [0.3, 0.4) is 0 Å². The molecule has 2 heterocycles. The minimum Gasteiger partial charge on any atom is -0.474 e. The van der Waals surface area contributed by atoms with E-state index in [0.29, 0.717) is 48.8 Å². The second-order valence-electron chi connectivity index (χ2n) is 8.66. The molecule has 2 aromatic rings. The molecule has 2 saturated heterocycles. The molecule has 0 aliphatic carbocycles. The van der Waals surface area contributed by atoms with Gasteiger partial charge in [-0.15, -0.1) is 0 Å². The summed E-state index contributed by atoms with van der Waals surface area (Å²) in [6.45, 7) is 3.76. The summed E-state index contributed by atoms with van der Waals surface area (Å²) in [4.78, 5) is 41.3. The molecule has 0 spiro atoms. The summed E-state index contributed by atoms with van der Waals surface area (Å²) in [5, 5.41) is 5.71. The van der Waals surface area contributed by atoms with Crippen LogP contribution in [0.25, 0.3) is 0 Å². The van der Waals surface area contributed by atoms with Crippen LogP contribution in [0.4, 0.5) is 26.2 Å². The van der Waals surface area contributed by atoms with Crippen molar-refractivity contribution in [3.63, 3.8) is 0 Å². The van der Waals surface area contributed by atoms with Crippen LogP contribution in [-0.2, 0) is 14.3 Å². The molecule has 2 N–H and O–H groups in total. The lowest BCUT2D eigenvalue weighted by atomic mass is 10.1. The standard InChI is InChI=1S/C25H28FN5O5S/c1-16(32)28-18-5-3-17(4-6-18)23(33)30-11-9-29(10-12-30)22-8-7-19(13-21(22)26)31-15-20(36-25(31)34)14-27-24(37)35-2/h3-8,13,20H,9-12,14-15H2,1-2H3,(H,27,37)(H,28,32). The van der Waals surface area contributed by atoms with Gasteiger partial charge in [0.2, 0.25) is 5.91 Å². The van der Waals surface area contributed by atoms with Crippen LogP contribution in [0.5, 0.6) is 0 Å². The molecule has 2 aliphatic heterocycles. The second-order valence-corrected chi connectivity index (χ2v) is 9.03. The lowest BCUT2D eigenvalue weighted by molar-refractivity contribution is -0.114. The zero-order valence-corrected chi connectivity index (χ0v) is 21.3. The van der Waals surface area contributed by atoms with Crippen molar-refractivity contribution < 1.29 is 28.2 Å². The van der Waals surface area contributed by atoms with E-state index in [4.69, 9.17) is 21.7 Å². The maximum Gasteiger partial charge on any atom is 0.414 e. The lowest BCUT2D eigenvalue weighted by Gasteiger charge is -2.36. The van der Waals surface area contributed by atoms with E-state index in [0.717, 1.165) is 0 Å². The molecule has 2 fully saturated rings. The minimum absolute atomic E-state index is 0.118. The molecule has 0 bridgehead atoms. The Labute approximate surface area is 219 Å². The Hall–Kier alpha value is -3.93. The first-order valence-electron chi connectivity index (χ1n) is 11.8. The van der Waals surface area contributed by atoms with Gasteiger partial charge in [-0.2, -0.15) is 0 Å². The van der Waals surface area contributed by atoms with Crippen molar-refractivity contribution in [3.8, 4) is 0 Å². The number of nitrogens with zero attached hydrogens (tertiary/aromatic N) is 3. The number of halogens is 1. The van der Waals surface area contributed by atoms with Crippen molar-refractivity contribution in [2.24, 2.45) is 0 Å². The fraction of sp³-hybridized carbons (Fsp3) is 0.360. The number of hydrogen-bond donors (Lipinski definition) is 2. The van der Waals surface area contributed by atoms with Gasteiger partial charge in [0, 0.05) is 44.4 Å². The minimum atomic E-state index is -0.556. The van der Waals surface area contributed by atoms with E-state index in [1.54, 1.807) is 41.3 Å². The van der Waals surface area contributed by atoms with Gasteiger partial charge in [-0.1, -0.05) is 0 Å². The van der Waals surface area contributed by atoms with Crippen molar-refractivity contribution >= 4 is 52.4 Å². The summed E-state index contributed by atoms with van der Waals surface area (Å²) in [6, 6.07) is 11.4. The van der Waals surface area contributed by atoms with Crippen LogP contribution in [0.15, 0.2) is 42.5 Å². The van der Waals surface area contributed by atoms with E-state index in [2.05, 4.69) is 10.6 Å². The molecule has 196 valence electrons. The molecule has 4 rings (SSSR count). The number of rotatable bonds is 6. The number of hydrogen-bond acceptors (Lipinski definition) is 7. The lowest BCUT2D eigenvalue weighted by Crippen LogP contribution is -2.49. The Morgan fingerprint density at radius 2 is 1.84 bits per heavy atom. The van der Waals surface area contributed by atoms with Crippen molar-refractivity contribution in [3.05, 3.63) is 53.8 Å². The number of amides is 3. The largest absolute Gasteiger partial charge is 0.474 e. The highest BCUT2D eigenvalue weighted by Gasteiger charge is 2.33. The van der Waals surface area contributed by atoms with Crippen LogP contribution >= 0.6 is 12.2 Å². The third-order valence-electron chi connectivity index (χ3n) is 6.14. The maximum atomic E-state index is 15.1. The smallest absolute Gasteiger partial charge is 0.414 e.